The number of aliphatic carboxylic acids is 1. The van der Waals surface area contributed by atoms with Crippen molar-refractivity contribution in [3.05, 3.63) is 28.8 Å². The molecule has 1 aromatic carbocycles. The van der Waals surface area contributed by atoms with Gasteiger partial charge in [-0.15, -0.1) is 0 Å². The van der Waals surface area contributed by atoms with Crippen LogP contribution in [-0.4, -0.2) is 36.9 Å². The highest BCUT2D eigenvalue weighted by molar-refractivity contribution is 7.89. The van der Waals surface area contributed by atoms with Crippen molar-refractivity contribution in [2.75, 3.05) is 13.1 Å². The van der Waals surface area contributed by atoms with E-state index in [0.717, 1.165) is 0 Å². The molecule has 0 aromatic heterocycles. The van der Waals surface area contributed by atoms with Crippen molar-refractivity contribution in [1.82, 2.24) is 4.31 Å². The number of sulfonamides is 1. The molecule has 21 heavy (non-hydrogen) atoms. The van der Waals surface area contributed by atoms with Crippen molar-refractivity contribution in [2.24, 2.45) is 5.41 Å². The topological polar surface area (TPSA) is 74.7 Å². The van der Waals surface area contributed by atoms with Gasteiger partial charge >= 0.3 is 5.97 Å². The summed E-state index contributed by atoms with van der Waals surface area (Å²) in [5.41, 5.74) is -0.556. The zero-order valence-electron chi connectivity index (χ0n) is 12.0. The number of carboxylic acid groups (broad SMARTS) is 1. The molecule has 116 valence electrons. The molecule has 1 fully saturated rings. The average molecular weight is 332 g/mol. The maximum Gasteiger partial charge on any atom is 0.310 e. The molecule has 1 heterocycles. The first-order valence-electron chi connectivity index (χ1n) is 6.67. The van der Waals surface area contributed by atoms with Crippen LogP contribution in [-0.2, 0) is 14.8 Å². The monoisotopic (exact) mass is 331 g/mol. The van der Waals surface area contributed by atoms with Crippen LogP contribution in [0, 0.1) is 12.3 Å². The van der Waals surface area contributed by atoms with Gasteiger partial charge in [-0.2, -0.15) is 4.31 Å². The normalized spacial score (nSPS) is 24.0. The van der Waals surface area contributed by atoms with E-state index in [1.807, 2.05) is 0 Å². The SMILES string of the molecule is Cc1c(Cl)cccc1S(=O)(=O)N1CCCC(C)(C(=O)O)C1. The fourth-order valence-corrected chi connectivity index (χ4v) is 4.66. The largest absolute Gasteiger partial charge is 0.481 e. The zero-order valence-corrected chi connectivity index (χ0v) is 13.5. The third kappa shape index (κ3) is 2.93. The second-order valence-corrected chi connectivity index (χ2v) is 7.98. The van der Waals surface area contributed by atoms with Crippen molar-refractivity contribution in [3.8, 4) is 0 Å². The van der Waals surface area contributed by atoms with E-state index in [2.05, 4.69) is 0 Å². The molecule has 0 spiro atoms. The van der Waals surface area contributed by atoms with Gasteiger partial charge in [0.1, 0.15) is 0 Å². The Morgan fingerprint density at radius 1 is 1.43 bits per heavy atom. The molecular formula is C14H18ClNO4S. The smallest absolute Gasteiger partial charge is 0.310 e. The number of carboxylic acids is 1. The van der Waals surface area contributed by atoms with Gasteiger partial charge in [0.2, 0.25) is 10.0 Å². The van der Waals surface area contributed by atoms with Crippen LogP contribution >= 0.6 is 11.6 Å². The molecule has 5 nitrogen and oxygen atoms in total. The molecule has 7 heteroatoms. The van der Waals surface area contributed by atoms with Crippen molar-refractivity contribution >= 4 is 27.6 Å². The van der Waals surface area contributed by atoms with Crippen LogP contribution in [0.15, 0.2) is 23.1 Å². The molecular weight excluding hydrogens is 314 g/mol. The Morgan fingerprint density at radius 3 is 2.71 bits per heavy atom. The lowest BCUT2D eigenvalue weighted by atomic mass is 9.83. The van der Waals surface area contributed by atoms with Gasteiger partial charge in [-0.1, -0.05) is 17.7 Å². The van der Waals surface area contributed by atoms with Gasteiger partial charge in [0.25, 0.3) is 0 Å². The van der Waals surface area contributed by atoms with E-state index in [0.29, 0.717) is 30.0 Å². The number of rotatable bonds is 3. The Balaban J connectivity index is 2.40. The average Bonchev–Trinajstić information content (AvgIpc) is 2.41. The van der Waals surface area contributed by atoms with Crippen LogP contribution in [0.2, 0.25) is 5.02 Å². The first-order chi connectivity index (χ1) is 9.68. The fourth-order valence-electron chi connectivity index (χ4n) is 2.58. The lowest BCUT2D eigenvalue weighted by Crippen LogP contribution is -2.48. The highest BCUT2D eigenvalue weighted by atomic mass is 35.5. The summed E-state index contributed by atoms with van der Waals surface area (Å²) in [6.07, 6.45) is 1.00. The summed E-state index contributed by atoms with van der Waals surface area (Å²) in [5.74, 6) is -0.967. The Bertz CT molecular complexity index is 674. The molecule has 1 N–H and O–H groups in total. The minimum atomic E-state index is -3.73. The van der Waals surface area contributed by atoms with E-state index in [4.69, 9.17) is 11.6 Å². The van der Waals surface area contributed by atoms with E-state index in [1.165, 1.54) is 10.4 Å². The predicted molar refractivity (Wildman–Crippen MR) is 79.9 cm³/mol. The van der Waals surface area contributed by atoms with Gasteiger partial charge in [0.05, 0.1) is 10.3 Å². The standard InChI is InChI=1S/C14H18ClNO4S/c1-10-11(15)5-3-6-12(10)21(19,20)16-8-4-7-14(2,9-16)13(17)18/h3,5-6H,4,7-9H2,1-2H3,(H,17,18). The van der Waals surface area contributed by atoms with Gasteiger partial charge in [0.15, 0.2) is 0 Å². The molecule has 0 aliphatic carbocycles. The molecule has 1 atom stereocenters. The molecule has 1 aromatic rings. The van der Waals surface area contributed by atoms with E-state index in [1.54, 1.807) is 26.0 Å². The van der Waals surface area contributed by atoms with Crippen LogP contribution in [0.3, 0.4) is 0 Å². The van der Waals surface area contributed by atoms with Gasteiger partial charge < -0.3 is 5.11 Å². The predicted octanol–water partition coefficient (Wildman–Crippen LogP) is 2.52. The second kappa shape index (κ2) is 5.59. The summed E-state index contributed by atoms with van der Waals surface area (Å²) in [6.45, 7) is 3.55. The molecule has 1 aliphatic rings. The van der Waals surface area contributed by atoms with Crippen molar-refractivity contribution < 1.29 is 18.3 Å². The molecule has 0 radical (unpaired) electrons. The van der Waals surface area contributed by atoms with Crippen molar-refractivity contribution in [1.29, 1.82) is 0 Å². The Kier molecular flexibility index (Phi) is 4.33. The Hall–Kier alpha value is -1.11. The summed E-state index contributed by atoms with van der Waals surface area (Å²) < 4.78 is 26.7. The van der Waals surface area contributed by atoms with Gasteiger partial charge in [-0.3, -0.25) is 4.79 Å². The van der Waals surface area contributed by atoms with Gasteiger partial charge in [-0.25, -0.2) is 8.42 Å². The number of carbonyl (C=O) groups is 1. The van der Waals surface area contributed by atoms with Crippen LogP contribution in [0.25, 0.3) is 0 Å². The van der Waals surface area contributed by atoms with Crippen LogP contribution in [0.1, 0.15) is 25.3 Å². The summed E-state index contributed by atoms with van der Waals surface area (Å²) in [5, 5.41) is 9.69. The van der Waals surface area contributed by atoms with Gasteiger partial charge in [0, 0.05) is 18.1 Å². The second-order valence-electron chi connectivity index (χ2n) is 5.67. The number of halogens is 1. The molecule has 0 bridgehead atoms. The molecule has 1 aliphatic heterocycles. The van der Waals surface area contributed by atoms with E-state index < -0.39 is 21.4 Å². The highest BCUT2D eigenvalue weighted by Crippen LogP contribution is 2.34. The van der Waals surface area contributed by atoms with Crippen molar-refractivity contribution in [3.63, 3.8) is 0 Å². The quantitative estimate of drug-likeness (QED) is 0.923. The van der Waals surface area contributed by atoms with Crippen LogP contribution < -0.4 is 0 Å². The number of hydrogen-bond acceptors (Lipinski definition) is 3. The summed E-state index contributed by atoms with van der Waals surface area (Å²) >= 11 is 5.99. The van der Waals surface area contributed by atoms with E-state index in [9.17, 15) is 18.3 Å². The third-order valence-electron chi connectivity index (χ3n) is 4.01. The molecule has 0 saturated carbocycles. The van der Waals surface area contributed by atoms with E-state index in [-0.39, 0.29) is 11.4 Å². The Labute approximate surface area is 129 Å². The number of nitrogens with zero attached hydrogens (tertiary/aromatic N) is 1. The summed E-state index contributed by atoms with van der Waals surface area (Å²) in [4.78, 5) is 11.5. The number of hydrogen-bond donors (Lipinski definition) is 1. The maximum atomic E-state index is 12.7. The summed E-state index contributed by atoms with van der Waals surface area (Å²) in [6, 6.07) is 4.72. The zero-order chi connectivity index (χ0) is 15.8. The minimum Gasteiger partial charge on any atom is -0.481 e. The van der Waals surface area contributed by atoms with Crippen LogP contribution in [0.5, 0.6) is 0 Å². The molecule has 1 unspecified atom stereocenters. The molecule has 1 saturated heterocycles. The lowest BCUT2D eigenvalue weighted by Gasteiger charge is -2.36. The first kappa shape index (κ1) is 16.3. The number of piperidine rings is 1. The third-order valence-corrected chi connectivity index (χ3v) is 6.41. The van der Waals surface area contributed by atoms with Gasteiger partial charge in [-0.05, 0) is 44.4 Å². The molecule has 2 rings (SSSR count). The molecule has 0 amide bonds. The number of benzene rings is 1. The fraction of sp³-hybridized carbons (Fsp3) is 0.500. The minimum absolute atomic E-state index is 0.0172. The first-order valence-corrected chi connectivity index (χ1v) is 8.49. The maximum absolute atomic E-state index is 12.7. The van der Waals surface area contributed by atoms with Crippen molar-refractivity contribution in [2.45, 2.75) is 31.6 Å². The van der Waals surface area contributed by atoms with Crippen LogP contribution in [0.4, 0.5) is 0 Å². The Morgan fingerprint density at radius 2 is 2.10 bits per heavy atom. The van der Waals surface area contributed by atoms with E-state index >= 15 is 0 Å². The highest BCUT2D eigenvalue weighted by Gasteiger charge is 2.42. The lowest BCUT2D eigenvalue weighted by molar-refractivity contribution is -0.150. The summed E-state index contributed by atoms with van der Waals surface area (Å²) in [7, 11) is -3.73.